The highest BCUT2D eigenvalue weighted by Crippen LogP contribution is 2.36. The highest BCUT2D eigenvalue weighted by molar-refractivity contribution is 6.31. The van der Waals surface area contributed by atoms with Gasteiger partial charge in [0.15, 0.2) is 17.3 Å². The first-order chi connectivity index (χ1) is 23.2. The first-order valence-corrected chi connectivity index (χ1v) is 16.3. The first-order valence-electron chi connectivity index (χ1n) is 16.0. The number of alkyl halides is 1. The van der Waals surface area contributed by atoms with E-state index in [1.54, 1.807) is 51.1 Å². The van der Waals surface area contributed by atoms with Crippen LogP contribution in [0.1, 0.15) is 73.6 Å². The van der Waals surface area contributed by atoms with E-state index in [1.165, 1.54) is 25.3 Å². The molecule has 49 heavy (non-hydrogen) atoms. The number of ketones is 1. The summed E-state index contributed by atoms with van der Waals surface area (Å²) in [7, 11) is 1.46. The molecule has 8 nitrogen and oxygen atoms in total. The van der Waals surface area contributed by atoms with Crippen LogP contribution in [0.25, 0.3) is 11.3 Å². The van der Waals surface area contributed by atoms with E-state index >= 15 is 0 Å². The van der Waals surface area contributed by atoms with Crippen LogP contribution in [0.2, 0.25) is 5.02 Å². The van der Waals surface area contributed by atoms with Crippen LogP contribution in [0, 0.1) is 5.82 Å². The fraction of sp³-hybridized carbons (Fsp3) is 0.342. The van der Waals surface area contributed by atoms with Gasteiger partial charge < -0.3 is 24.6 Å². The van der Waals surface area contributed by atoms with Crippen LogP contribution in [0.4, 0.5) is 13.6 Å². The number of hydrogen-bond donors (Lipinski definition) is 2. The second kappa shape index (κ2) is 14.9. The summed E-state index contributed by atoms with van der Waals surface area (Å²) in [5.74, 6) is -0.0583. The van der Waals surface area contributed by atoms with Crippen LogP contribution >= 0.6 is 11.6 Å². The van der Waals surface area contributed by atoms with Crippen LogP contribution < -0.4 is 14.8 Å². The SMILES string of the molecule is COc1cc(C(=O)CCC(C)(O)c2cc(C(C)(C)NC(=O)OCc3ccccc3)cc(-c3ccc(F)c(Cl)c3)n2)ccc1OC1CC(F)C1. The molecule has 1 saturated carbocycles. The third kappa shape index (κ3) is 8.93. The molecule has 0 radical (unpaired) electrons. The number of aliphatic hydroxyl groups is 1. The first kappa shape index (κ1) is 35.8. The van der Waals surface area contributed by atoms with E-state index in [4.69, 9.17) is 30.8 Å². The van der Waals surface area contributed by atoms with E-state index in [1.807, 2.05) is 30.3 Å². The summed E-state index contributed by atoms with van der Waals surface area (Å²) in [4.78, 5) is 30.9. The quantitative estimate of drug-likeness (QED) is 0.135. The van der Waals surface area contributed by atoms with Crippen molar-refractivity contribution in [1.29, 1.82) is 0 Å². The number of ether oxygens (including phenoxy) is 3. The zero-order valence-corrected chi connectivity index (χ0v) is 28.5. The number of benzene rings is 3. The summed E-state index contributed by atoms with van der Waals surface area (Å²) in [6.45, 7) is 5.18. The molecule has 0 aliphatic heterocycles. The summed E-state index contributed by atoms with van der Waals surface area (Å²) in [6, 6.07) is 21.6. The van der Waals surface area contributed by atoms with Gasteiger partial charge in [-0.1, -0.05) is 41.9 Å². The second-order valence-corrected chi connectivity index (χ2v) is 13.3. The highest BCUT2D eigenvalue weighted by atomic mass is 35.5. The van der Waals surface area contributed by atoms with Gasteiger partial charge in [0.05, 0.1) is 29.1 Å². The Morgan fingerprint density at radius 2 is 1.73 bits per heavy atom. The van der Waals surface area contributed by atoms with Crippen LogP contribution in [0.5, 0.6) is 11.5 Å². The molecular formula is C38H39ClF2N2O6. The van der Waals surface area contributed by atoms with Crippen molar-refractivity contribution in [1.82, 2.24) is 10.3 Å². The molecule has 4 aromatic rings. The van der Waals surface area contributed by atoms with Gasteiger partial charge in [-0.15, -0.1) is 0 Å². The minimum Gasteiger partial charge on any atom is -0.493 e. The molecule has 5 rings (SSSR count). The molecule has 1 fully saturated rings. The number of alkyl carbamates (subject to hydrolysis) is 1. The molecular weight excluding hydrogens is 654 g/mol. The molecule has 0 saturated heterocycles. The Balaban J connectivity index is 1.36. The third-order valence-corrected chi connectivity index (χ3v) is 8.89. The molecule has 0 bridgehead atoms. The second-order valence-electron chi connectivity index (χ2n) is 12.9. The van der Waals surface area contributed by atoms with Gasteiger partial charge in [-0.25, -0.2) is 18.6 Å². The maximum absolute atomic E-state index is 14.1. The Kier molecular flexibility index (Phi) is 10.9. The van der Waals surface area contributed by atoms with Crippen LogP contribution in [-0.4, -0.2) is 41.4 Å². The molecule has 0 spiro atoms. The Morgan fingerprint density at radius 1 is 1.00 bits per heavy atom. The maximum atomic E-state index is 14.1. The average Bonchev–Trinajstić information content (AvgIpc) is 3.07. The van der Waals surface area contributed by atoms with Gasteiger partial charge in [0.2, 0.25) is 0 Å². The van der Waals surface area contributed by atoms with E-state index < -0.39 is 29.2 Å². The molecule has 1 unspecified atom stereocenters. The summed E-state index contributed by atoms with van der Waals surface area (Å²) in [5, 5.41) is 14.5. The minimum atomic E-state index is -1.60. The summed E-state index contributed by atoms with van der Waals surface area (Å²) in [5.41, 5.74) is 0.238. The van der Waals surface area contributed by atoms with Gasteiger partial charge in [-0.3, -0.25) is 4.79 Å². The Labute approximate surface area is 289 Å². The number of Topliss-reactive ketones (excluding diaryl/α,β-unsaturated/α-hetero) is 1. The average molecular weight is 693 g/mol. The van der Waals surface area contributed by atoms with Gasteiger partial charge in [0.1, 0.15) is 30.3 Å². The molecule has 258 valence electrons. The van der Waals surface area contributed by atoms with E-state index in [0.717, 1.165) is 5.56 Å². The molecule has 1 amide bonds. The van der Waals surface area contributed by atoms with Crippen LogP contribution in [-0.2, 0) is 22.5 Å². The summed E-state index contributed by atoms with van der Waals surface area (Å²) >= 11 is 6.10. The predicted molar refractivity (Wildman–Crippen MR) is 182 cm³/mol. The highest BCUT2D eigenvalue weighted by Gasteiger charge is 2.33. The molecule has 1 aliphatic carbocycles. The lowest BCUT2D eigenvalue weighted by atomic mass is 9.87. The van der Waals surface area contributed by atoms with Gasteiger partial charge in [-0.2, -0.15) is 0 Å². The van der Waals surface area contributed by atoms with E-state index in [0.29, 0.717) is 46.7 Å². The van der Waals surface area contributed by atoms with Crippen molar-refractivity contribution in [3.63, 3.8) is 0 Å². The largest absolute Gasteiger partial charge is 0.493 e. The summed E-state index contributed by atoms with van der Waals surface area (Å²) < 4.78 is 44.0. The Bertz CT molecular complexity index is 1810. The Morgan fingerprint density at radius 3 is 2.41 bits per heavy atom. The maximum Gasteiger partial charge on any atom is 0.408 e. The number of pyridine rings is 1. The predicted octanol–water partition coefficient (Wildman–Crippen LogP) is 8.46. The number of nitrogens with zero attached hydrogens (tertiary/aromatic N) is 1. The van der Waals surface area contributed by atoms with Crippen molar-refractivity contribution < 1.29 is 37.7 Å². The molecule has 3 aromatic carbocycles. The fourth-order valence-electron chi connectivity index (χ4n) is 5.40. The molecule has 11 heteroatoms. The van der Waals surface area contributed by atoms with Crippen molar-refractivity contribution in [2.24, 2.45) is 0 Å². The van der Waals surface area contributed by atoms with E-state index in [9.17, 15) is 23.5 Å². The lowest BCUT2D eigenvalue weighted by molar-refractivity contribution is 0.0386. The van der Waals surface area contributed by atoms with Crippen LogP contribution in [0.15, 0.2) is 78.9 Å². The van der Waals surface area contributed by atoms with Crippen LogP contribution in [0.3, 0.4) is 0 Å². The van der Waals surface area contributed by atoms with Crippen molar-refractivity contribution in [2.75, 3.05) is 7.11 Å². The zero-order valence-electron chi connectivity index (χ0n) is 27.8. The van der Waals surface area contributed by atoms with Crippen molar-refractivity contribution in [3.05, 3.63) is 112 Å². The van der Waals surface area contributed by atoms with Crippen molar-refractivity contribution >= 4 is 23.5 Å². The third-order valence-electron chi connectivity index (χ3n) is 8.60. The van der Waals surface area contributed by atoms with E-state index in [-0.39, 0.29) is 42.1 Å². The molecule has 1 atom stereocenters. The number of nitrogens with one attached hydrogen (secondary N) is 1. The normalized spacial score (nSPS) is 17.0. The number of rotatable bonds is 13. The standard InChI is InChI=1S/C38H39ClF2N2O6/c1-37(2,43-36(45)48-22-23-8-6-5-7-9-23)26-18-31(24-10-12-30(41)29(39)16-24)42-35(19-26)38(3,46)15-14-32(44)25-11-13-33(34(17-25)47-4)49-28-20-27(40)21-28/h5-13,16-19,27-28,46H,14-15,20-22H2,1-4H3,(H,43,45). The fourth-order valence-corrected chi connectivity index (χ4v) is 5.58. The smallest absolute Gasteiger partial charge is 0.408 e. The number of hydrogen-bond acceptors (Lipinski definition) is 7. The van der Waals surface area contributed by atoms with Crippen molar-refractivity contribution in [3.8, 4) is 22.8 Å². The topological polar surface area (TPSA) is 107 Å². The van der Waals surface area contributed by atoms with Crippen molar-refractivity contribution in [2.45, 2.75) is 76.5 Å². The molecule has 1 aromatic heterocycles. The lowest BCUT2D eigenvalue weighted by Crippen LogP contribution is -2.41. The number of carbonyl (C=O) groups excluding carboxylic acids is 2. The minimum absolute atomic E-state index is 0.000591. The molecule has 1 aliphatic rings. The van der Waals surface area contributed by atoms with Gasteiger partial charge in [0, 0.05) is 30.4 Å². The van der Waals surface area contributed by atoms with E-state index in [2.05, 4.69) is 5.32 Å². The van der Waals surface area contributed by atoms with Gasteiger partial charge in [0.25, 0.3) is 0 Å². The summed E-state index contributed by atoms with van der Waals surface area (Å²) in [6.07, 6.45) is -1.17. The number of carbonyl (C=O) groups is 2. The zero-order chi connectivity index (χ0) is 35.3. The Hall–Kier alpha value is -4.54. The number of halogens is 3. The van der Waals surface area contributed by atoms with Gasteiger partial charge >= 0.3 is 6.09 Å². The monoisotopic (exact) mass is 692 g/mol. The number of aromatic nitrogens is 1. The number of methoxy groups -OCH3 is 1. The molecule has 1 heterocycles. The van der Waals surface area contributed by atoms with Gasteiger partial charge in [-0.05, 0) is 86.8 Å². The molecule has 2 N–H and O–H groups in total. The lowest BCUT2D eigenvalue weighted by Gasteiger charge is -2.30. The number of amides is 1.